The van der Waals surface area contributed by atoms with Crippen molar-refractivity contribution in [3.8, 4) is 0 Å². The number of hydrogen-bond donors (Lipinski definition) is 2. The van der Waals surface area contributed by atoms with Crippen LogP contribution in [0.5, 0.6) is 0 Å². The quantitative estimate of drug-likeness (QED) is 0.357. The zero-order valence-corrected chi connectivity index (χ0v) is 23.3. The Balaban J connectivity index is 1.48. The number of aliphatic hydroxyl groups is 1. The number of nitro groups is 1. The number of amides is 2. The molecule has 1 aliphatic heterocycles. The van der Waals surface area contributed by atoms with Crippen LogP contribution in [-0.4, -0.2) is 39.3 Å². The predicted molar refractivity (Wildman–Crippen MR) is 150 cm³/mol. The van der Waals surface area contributed by atoms with Crippen LogP contribution >= 0.6 is 0 Å². The molecule has 0 radical (unpaired) electrons. The molecule has 0 unspecified atom stereocenters. The Labute approximate surface area is 235 Å². The topological polar surface area (TPSA) is 113 Å². The summed E-state index contributed by atoms with van der Waals surface area (Å²) in [6.45, 7) is 4.33. The second-order valence-corrected chi connectivity index (χ2v) is 13.3. The van der Waals surface area contributed by atoms with Gasteiger partial charge in [-0.15, -0.1) is 0 Å². The van der Waals surface area contributed by atoms with Gasteiger partial charge < -0.3 is 15.3 Å². The summed E-state index contributed by atoms with van der Waals surface area (Å²) >= 11 is 0. The van der Waals surface area contributed by atoms with Crippen molar-refractivity contribution < 1.29 is 19.6 Å². The highest BCUT2D eigenvalue weighted by Crippen LogP contribution is 2.62. The summed E-state index contributed by atoms with van der Waals surface area (Å²) in [6, 6.07) is 13.0. The number of likely N-dealkylation sites (tertiary alicyclic amines) is 1. The first-order valence-corrected chi connectivity index (χ1v) is 14.7. The minimum Gasteiger partial charge on any atom is -0.392 e. The van der Waals surface area contributed by atoms with Gasteiger partial charge >= 0.3 is 0 Å². The SMILES string of the molecule is CC(C)NC(=O)[C@@]1(c2ccc([N+](=O)[O-])cc2)CC(=O)N(CC23CC4CC(CC(C4)C2)C3)[C@@H]1c1ccc(CO)cc1. The molecule has 2 amide bonds. The molecule has 0 aromatic heterocycles. The van der Waals surface area contributed by atoms with Crippen molar-refractivity contribution in [2.24, 2.45) is 23.2 Å². The van der Waals surface area contributed by atoms with Gasteiger partial charge in [-0.25, -0.2) is 0 Å². The van der Waals surface area contributed by atoms with Gasteiger partial charge in [0, 0.05) is 31.1 Å². The lowest BCUT2D eigenvalue weighted by Gasteiger charge is -2.58. The fourth-order valence-corrected chi connectivity index (χ4v) is 9.01. The van der Waals surface area contributed by atoms with E-state index in [1.54, 1.807) is 12.1 Å². The average Bonchev–Trinajstić information content (AvgIpc) is 3.19. The number of carbonyl (C=O) groups is 2. The lowest BCUT2D eigenvalue weighted by molar-refractivity contribution is -0.384. The molecule has 5 aliphatic rings. The predicted octanol–water partition coefficient (Wildman–Crippen LogP) is 5.04. The van der Waals surface area contributed by atoms with Crippen LogP contribution < -0.4 is 5.32 Å². The summed E-state index contributed by atoms with van der Waals surface area (Å²) in [5, 5.41) is 24.2. The molecule has 2 atom stereocenters. The third-order valence-electron chi connectivity index (χ3n) is 10.1. The highest BCUT2D eigenvalue weighted by Gasteiger charge is 2.61. The second-order valence-electron chi connectivity index (χ2n) is 13.3. The van der Waals surface area contributed by atoms with E-state index < -0.39 is 16.4 Å². The smallest absolute Gasteiger partial charge is 0.269 e. The first-order valence-electron chi connectivity index (χ1n) is 14.7. The van der Waals surface area contributed by atoms with Gasteiger partial charge in [0.1, 0.15) is 5.41 Å². The van der Waals surface area contributed by atoms with Crippen molar-refractivity contribution in [2.45, 2.75) is 82.9 Å². The van der Waals surface area contributed by atoms with Crippen LogP contribution in [0, 0.1) is 33.3 Å². The van der Waals surface area contributed by atoms with E-state index in [0.717, 1.165) is 48.1 Å². The fraction of sp³-hybridized carbons (Fsp3) is 0.562. The van der Waals surface area contributed by atoms with Gasteiger partial charge in [-0.05, 0) is 92.2 Å². The van der Waals surface area contributed by atoms with Crippen LogP contribution in [0.4, 0.5) is 5.69 Å². The first-order chi connectivity index (χ1) is 19.1. The summed E-state index contributed by atoms with van der Waals surface area (Å²) in [5.41, 5.74) is 0.974. The van der Waals surface area contributed by atoms with Crippen LogP contribution in [0.15, 0.2) is 48.5 Å². The Morgan fingerprint density at radius 3 is 2.10 bits per heavy atom. The number of nitrogens with one attached hydrogen (secondary N) is 1. The van der Waals surface area contributed by atoms with E-state index in [1.165, 1.54) is 31.4 Å². The molecule has 212 valence electrons. The lowest BCUT2D eigenvalue weighted by atomic mass is 9.49. The molecule has 8 heteroatoms. The minimum absolute atomic E-state index is 0.00213. The van der Waals surface area contributed by atoms with E-state index in [2.05, 4.69) is 5.32 Å². The number of nitro benzene ring substituents is 1. The van der Waals surface area contributed by atoms with Gasteiger partial charge in [0.15, 0.2) is 0 Å². The molecule has 7 rings (SSSR count). The van der Waals surface area contributed by atoms with E-state index in [-0.39, 0.29) is 42.0 Å². The molecule has 0 spiro atoms. The summed E-state index contributed by atoms with van der Waals surface area (Å²) in [6.07, 6.45) is 7.35. The zero-order chi connectivity index (χ0) is 28.2. The monoisotopic (exact) mass is 545 g/mol. The second kappa shape index (κ2) is 9.98. The van der Waals surface area contributed by atoms with Crippen LogP contribution in [0.25, 0.3) is 0 Å². The van der Waals surface area contributed by atoms with Gasteiger partial charge in [0.2, 0.25) is 11.8 Å². The molecule has 4 aliphatic carbocycles. The van der Waals surface area contributed by atoms with Crippen molar-refractivity contribution in [1.29, 1.82) is 0 Å². The molecule has 2 aromatic carbocycles. The Hall–Kier alpha value is -3.26. The zero-order valence-electron chi connectivity index (χ0n) is 23.3. The van der Waals surface area contributed by atoms with Crippen molar-refractivity contribution in [2.75, 3.05) is 6.54 Å². The molecule has 8 nitrogen and oxygen atoms in total. The Morgan fingerprint density at radius 1 is 1.02 bits per heavy atom. The number of non-ortho nitro benzene ring substituents is 1. The molecule has 5 fully saturated rings. The Bertz CT molecular complexity index is 1270. The summed E-state index contributed by atoms with van der Waals surface area (Å²) in [5.74, 6) is 1.90. The van der Waals surface area contributed by atoms with Gasteiger partial charge in [-0.3, -0.25) is 19.7 Å². The van der Waals surface area contributed by atoms with Crippen LogP contribution in [-0.2, 0) is 21.6 Å². The molecule has 4 bridgehead atoms. The van der Waals surface area contributed by atoms with Crippen LogP contribution in [0.1, 0.15) is 81.5 Å². The van der Waals surface area contributed by atoms with E-state index in [1.807, 2.05) is 43.0 Å². The number of aliphatic hydroxyl groups excluding tert-OH is 1. The van der Waals surface area contributed by atoms with E-state index in [9.17, 15) is 24.8 Å². The summed E-state index contributed by atoms with van der Waals surface area (Å²) in [4.78, 5) is 41.4. The standard InChI is InChI=1S/C32H39N3O5/c1-20(2)33-30(38)32(26-7-9-27(10-8-26)35(39)40)17-28(37)34(29(32)25-5-3-21(18-36)4-6-25)19-31-14-22-11-23(15-31)13-24(12-22)16-31/h3-10,20,22-24,29,36H,11-19H2,1-2H3,(H,33,38)/t22?,23?,24?,29-,31?,32-/m1/s1. The molecule has 2 aromatic rings. The van der Waals surface area contributed by atoms with Crippen LogP contribution in [0.2, 0.25) is 0 Å². The molecular formula is C32H39N3O5. The van der Waals surface area contributed by atoms with Crippen molar-refractivity contribution in [3.05, 3.63) is 75.3 Å². The normalized spacial score (nSPS) is 32.6. The molecule has 40 heavy (non-hydrogen) atoms. The van der Waals surface area contributed by atoms with Gasteiger partial charge in [0.05, 0.1) is 17.6 Å². The maximum absolute atomic E-state index is 14.3. The van der Waals surface area contributed by atoms with E-state index >= 15 is 0 Å². The number of rotatable bonds is 8. The van der Waals surface area contributed by atoms with Gasteiger partial charge in [0.25, 0.3) is 5.69 Å². The van der Waals surface area contributed by atoms with Crippen LogP contribution in [0.3, 0.4) is 0 Å². The first kappa shape index (κ1) is 26.9. The highest BCUT2D eigenvalue weighted by molar-refractivity contribution is 5.98. The molecular weight excluding hydrogens is 506 g/mol. The van der Waals surface area contributed by atoms with Gasteiger partial charge in [-0.1, -0.05) is 36.4 Å². The largest absolute Gasteiger partial charge is 0.392 e. The van der Waals surface area contributed by atoms with Crippen molar-refractivity contribution in [1.82, 2.24) is 10.2 Å². The maximum atomic E-state index is 14.3. The van der Waals surface area contributed by atoms with E-state index in [0.29, 0.717) is 12.1 Å². The fourth-order valence-electron chi connectivity index (χ4n) is 9.01. The molecule has 1 heterocycles. The Kier molecular flexibility index (Phi) is 6.72. The molecule has 2 N–H and O–H groups in total. The number of carbonyl (C=O) groups excluding carboxylic acids is 2. The van der Waals surface area contributed by atoms with Crippen molar-refractivity contribution in [3.63, 3.8) is 0 Å². The molecule has 4 saturated carbocycles. The number of benzene rings is 2. The average molecular weight is 546 g/mol. The lowest BCUT2D eigenvalue weighted by Crippen LogP contribution is -2.54. The molecule has 1 saturated heterocycles. The minimum atomic E-state index is -1.25. The highest BCUT2D eigenvalue weighted by atomic mass is 16.6. The Morgan fingerprint density at radius 2 is 1.60 bits per heavy atom. The summed E-state index contributed by atoms with van der Waals surface area (Å²) < 4.78 is 0. The van der Waals surface area contributed by atoms with Gasteiger partial charge in [-0.2, -0.15) is 0 Å². The third kappa shape index (κ3) is 4.50. The maximum Gasteiger partial charge on any atom is 0.269 e. The summed E-state index contributed by atoms with van der Waals surface area (Å²) in [7, 11) is 0. The number of nitrogens with zero attached hydrogens (tertiary/aromatic N) is 2. The van der Waals surface area contributed by atoms with E-state index in [4.69, 9.17) is 0 Å². The third-order valence-corrected chi connectivity index (χ3v) is 10.1. The van der Waals surface area contributed by atoms with Crippen molar-refractivity contribution >= 4 is 17.5 Å². The number of hydrogen-bond acceptors (Lipinski definition) is 5.